The van der Waals surface area contributed by atoms with Crippen molar-refractivity contribution in [1.82, 2.24) is 5.32 Å². The van der Waals surface area contributed by atoms with Crippen molar-refractivity contribution in [2.45, 2.75) is 25.7 Å². The third-order valence-corrected chi connectivity index (χ3v) is 4.98. The number of carbonyl (C=O) groups is 2. The summed E-state index contributed by atoms with van der Waals surface area (Å²) in [6, 6.07) is 23.0. The summed E-state index contributed by atoms with van der Waals surface area (Å²) in [6.45, 7) is 0.404. The molecule has 0 aliphatic carbocycles. The van der Waals surface area contributed by atoms with Gasteiger partial charge in [-0.3, -0.25) is 0 Å². The first-order valence-electron chi connectivity index (χ1n) is 9.66. The molecule has 0 saturated heterocycles. The summed E-state index contributed by atoms with van der Waals surface area (Å²) in [5, 5.41) is 12.0. The standard InChI is InChI=1S/C24H22BrNO5/c25-20-11-12-22(30-15-17-7-3-1-4-8-17)19(13-20)14-21(23(27)28)26-24(29)31-16-18-9-5-2-6-10-18/h1-13,21H,14-16H2,(H,26,29)(H,27,28)/t21-/m0/s1. The van der Waals surface area contributed by atoms with Gasteiger partial charge < -0.3 is 19.9 Å². The van der Waals surface area contributed by atoms with Crippen LogP contribution in [-0.2, 0) is 29.2 Å². The fraction of sp³-hybridized carbons (Fsp3) is 0.167. The van der Waals surface area contributed by atoms with Gasteiger partial charge in [0.25, 0.3) is 0 Å². The number of ether oxygens (including phenoxy) is 2. The Morgan fingerprint density at radius 3 is 2.13 bits per heavy atom. The average Bonchev–Trinajstić information content (AvgIpc) is 2.78. The lowest BCUT2D eigenvalue weighted by molar-refractivity contribution is -0.139. The minimum absolute atomic E-state index is 0.0410. The van der Waals surface area contributed by atoms with Crippen LogP contribution < -0.4 is 10.1 Å². The highest BCUT2D eigenvalue weighted by atomic mass is 79.9. The van der Waals surface area contributed by atoms with Gasteiger partial charge in [0.15, 0.2) is 0 Å². The second-order valence-electron chi connectivity index (χ2n) is 6.83. The first kappa shape index (κ1) is 22.4. The third-order valence-electron chi connectivity index (χ3n) is 4.49. The molecule has 0 radical (unpaired) electrons. The minimum atomic E-state index is -1.17. The highest BCUT2D eigenvalue weighted by Crippen LogP contribution is 2.25. The van der Waals surface area contributed by atoms with Crippen LogP contribution >= 0.6 is 15.9 Å². The largest absolute Gasteiger partial charge is 0.489 e. The monoisotopic (exact) mass is 483 g/mol. The van der Waals surface area contributed by atoms with Crippen LogP contribution in [0.2, 0.25) is 0 Å². The van der Waals surface area contributed by atoms with Crippen LogP contribution in [0.4, 0.5) is 4.79 Å². The smallest absolute Gasteiger partial charge is 0.408 e. The molecule has 0 spiro atoms. The van der Waals surface area contributed by atoms with Crippen molar-refractivity contribution < 1.29 is 24.2 Å². The number of benzene rings is 3. The van der Waals surface area contributed by atoms with Crippen molar-refractivity contribution in [2.24, 2.45) is 0 Å². The van der Waals surface area contributed by atoms with Crippen LogP contribution in [0.25, 0.3) is 0 Å². The molecule has 0 unspecified atom stereocenters. The highest BCUT2D eigenvalue weighted by Gasteiger charge is 2.23. The lowest BCUT2D eigenvalue weighted by Crippen LogP contribution is -2.42. The minimum Gasteiger partial charge on any atom is -0.489 e. The molecule has 3 aromatic rings. The zero-order valence-corrected chi connectivity index (χ0v) is 18.2. The van der Waals surface area contributed by atoms with Crippen molar-refractivity contribution >= 4 is 28.0 Å². The van der Waals surface area contributed by atoms with Gasteiger partial charge in [0.2, 0.25) is 0 Å². The van der Waals surface area contributed by atoms with Crippen LogP contribution in [0.1, 0.15) is 16.7 Å². The molecule has 0 aliphatic heterocycles. The van der Waals surface area contributed by atoms with E-state index in [9.17, 15) is 14.7 Å². The predicted octanol–water partition coefficient (Wildman–Crippen LogP) is 4.95. The summed E-state index contributed by atoms with van der Waals surface area (Å²) in [6.07, 6.45) is -0.753. The number of amides is 1. The van der Waals surface area contributed by atoms with Crippen LogP contribution in [0.5, 0.6) is 5.75 Å². The summed E-state index contributed by atoms with van der Waals surface area (Å²) in [5.41, 5.74) is 2.46. The number of nitrogens with one attached hydrogen (secondary N) is 1. The van der Waals surface area contributed by atoms with E-state index in [1.54, 1.807) is 12.1 Å². The Kier molecular flexibility index (Phi) is 8.06. The van der Waals surface area contributed by atoms with E-state index in [0.29, 0.717) is 17.9 Å². The Balaban J connectivity index is 1.65. The summed E-state index contributed by atoms with van der Waals surface area (Å²) in [4.78, 5) is 23.9. The van der Waals surface area contributed by atoms with Gasteiger partial charge in [-0.2, -0.15) is 0 Å². The molecule has 3 aromatic carbocycles. The Labute approximate surface area is 188 Å². The fourth-order valence-electron chi connectivity index (χ4n) is 2.91. The van der Waals surface area contributed by atoms with Crippen molar-refractivity contribution in [2.75, 3.05) is 0 Å². The van der Waals surface area contributed by atoms with Gasteiger partial charge in [-0.05, 0) is 34.9 Å². The van der Waals surface area contributed by atoms with E-state index in [1.807, 2.05) is 66.7 Å². The van der Waals surface area contributed by atoms with Crippen molar-refractivity contribution in [3.8, 4) is 5.75 Å². The Morgan fingerprint density at radius 1 is 0.903 bits per heavy atom. The summed E-state index contributed by atoms with van der Waals surface area (Å²) in [7, 11) is 0. The second-order valence-corrected chi connectivity index (χ2v) is 7.74. The zero-order valence-electron chi connectivity index (χ0n) is 16.7. The highest BCUT2D eigenvalue weighted by molar-refractivity contribution is 9.10. The van der Waals surface area contributed by atoms with Gasteiger partial charge in [-0.15, -0.1) is 0 Å². The van der Waals surface area contributed by atoms with Gasteiger partial charge in [0, 0.05) is 10.9 Å². The molecule has 0 aromatic heterocycles. The average molecular weight is 484 g/mol. The molecule has 0 aliphatic rings. The molecule has 3 rings (SSSR count). The van der Waals surface area contributed by atoms with E-state index >= 15 is 0 Å². The van der Waals surface area contributed by atoms with E-state index in [4.69, 9.17) is 9.47 Å². The van der Waals surface area contributed by atoms with Crippen LogP contribution in [0.3, 0.4) is 0 Å². The quantitative estimate of drug-likeness (QED) is 0.449. The lowest BCUT2D eigenvalue weighted by atomic mass is 10.0. The van der Waals surface area contributed by atoms with Crippen molar-refractivity contribution in [3.63, 3.8) is 0 Å². The topological polar surface area (TPSA) is 84.9 Å². The number of hydrogen-bond donors (Lipinski definition) is 2. The first-order chi connectivity index (χ1) is 15.0. The maximum atomic E-state index is 12.1. The number of carboxylic acid groups (broad SMARTS) is 1. The molecule has 2 N–H and O–H groups in total. The molecule has 0 bridgehead atoms. The Morgan fingerprint density at radius 2 is 1.52 bits per heavy atom. The van der Waals surface area contributed by atoms with Gasteiger partial charge >= 0.3 is 12.1 Å². The van der Waals surface area contributed by atoms with E-state index in [2.05, 4.69) is 21.2 Å². The summed E-state index contributed by atoms with van der Waals surface area (Å²) in [5.74, 6) is -0.608. The Hall–Kier alpha value is -3.32. The number of hydrogen-bond acceptors (Lipinski definition) is 4. The van der Waals surface area contributed by atoms with Gasteiger partial charge in [-0.1, -0.05) is 76.6 Å². The molecule has 1 amide bonds. The predicted molar refractivity (Wildman–Crippen MR) is 120 cm³/mol. The molecule has 160 valence electrons. The lowest BCUT2D eigenvalue weighted by Gasteiger charge is -2.17. The SMILES string of the molecule is O=C(N[C@@H](Cc1cc(Br)ccc1OCc1ccccc1)C(=O)O)OCc1ccccc1. The van der Waals surface area contributed by atoms with Gasteiger partial charge in [0.1, 0.15) is 25.0 Å². The molecule has 0 saturated carbocycles. The molecule has 0 heterocycles. The summed E-state index contributed by atoms with van der Waals surface area (Å²) >= 11 is 3.41. The van der Waals surface area contributed by atoms with E-state index in [-0.39, 0.29) is 13.0 Å². The number of halogens is 1. The molecule has 7 heteroatoms. The number of carboxylic acids is 1. The van der Waals surface area contributed by atoms with Crippen molar-refractivity contribution in [1.29, 1.82) is 0 Å². The van der Waals surface area contributed by atoms with E-state index < -0.39 is 18.1 Å². The number of alkyl carbamates (subject to hydrolysis) is 1. The number of aliphatic carboxylic acids is 1. The number of rotatable bonds is 9. The van der Waals surface area contributed by atoms with Crippen molar-refractivity contribution in [3.05, 3.63) is 100 Å². The number of carbonyl (C=O) groups excluding carboxylic acids is 1. The van der Waals surface area contributed by atoms with E-state index in [0.717, 1.165) is 15.6 Å². The van der Waals surface area contributed by atoms with Crippen LogP contribution in [-0.4, -0.2) is 23.2 Å². The second kappa shape index (κ2) is 11.2. The Bertz CT molecular complexity index is 1010. The molecule has 31 heavy (non-hydrogen) atoms. The van der Waals surface area contributed by atoms with Gasteiger partial charge in [-0.25, -0.2) is 9.59 Å². The zero-order chi connectivity index (χ0) is 22.1. The molecular weight excluding hydrogens is 462 g/mol. The van der Waals surface area contributed by atoms with Gasteiger partial charge in [0.05, 0.1) is 0 Å². The van der Waals surface area contributed by atoms with Crippen LogP contribution in [0.15, 0.2) is 83.3 Å². The third kappa shape index (κ3) is 7.15. The molecule has 0 fully saturated rings. The molecule has 1 atom stereocenters. The van der Waals surface area contributed by atoms with Crippen LogP contribution in [0, 0.1) is 0 Å². The normalized spacial score (nSPS) is 11.4. The fourth-order valence-corrected chi connectivity index (χ4v) is 3.32. The van der Waals surface area contributed by atoms with E-state index in [1.165, 1.54) is 0 Å². The summed E-state index contributed by atoms with van der Waals surface area (Å²) < 4.78 is 11.8. The maximum absolute atomic E-state index is 12.1. The molecule has 6 nitrogen and oxygen atoms in total. The molecular formula is C24H22BrNO5. The maximum Gasteiger partial charge on any atom is 0.408 e. The first-order valence-corrected chi connectivity index (χ1v) is 10.5.